The van der Waals surface area contributed by atoms with E-state index in [4.69, 9.17) is 16.3 Å². The van der Waals surface area contributed by atoms with Crippen LogP contribution in [-0.4, -0.2) is 62.0 Å². The van der Waals surface area contributed by atoms with E-state index in [1.54, 1.807) is 22.3 Å². The number of sulfonamides is 1. The highest BCUT2D eigenvalue weighted by molar-refractivity contribution is 7.89. The zero-order valence-electron chi connectivity index (χ0n) is 20.8. The number of halogens is 1. The van der Waals surface area contributed by atoms with Crippen molar-refractivity contribution in [2.75, 3.05) is 32.0 Å². The van der Waals surface area contributed by atoms with Crippen LogP contribution < -0.4 is 5.32 Å². The van der Waals surface area contributed by atoms with Crippen molar-refractivity contribution in [3.8, 4) is 0 Å². The molecule has 2 heterocycles. The molecule has 9 heteroatoms. The lowest BCUT2D eigenvalue weighted by Crippen LogP contribution is -2.44. The first-order chi connectivity index (χ1) is 16.0. The van der Waals surface area contributed by atoms with Gasteiger partial charge >= 0.3 is 6.09 Å². The van der Waals surface area contributed by atoms with Gasteiger partial charge in [0, 0.05) is 37.7 Å². The summed E-state index contributed by atoms with van der Waals surface area (Å²) < 4.78 is 34.1. The quantitative estimate of drug-likeness (QED) is 0.571. The molecule has 4 rings (SSSR count). The fraction of sp³-hybridized carbons (Fsp3) is 0.720. The zero-order valence-corrected chi connectivity index (χ0v) is 22.3. The Kier molecular flexibility index (Phi) is 7.42. The van der Waals surface area contributed by atoms with E-state index in [1.807, 2.05) is 26.8 Å². The van der Waals surface area contributed by atoms with Crippen molar-refractivity contribution in [3.63, 3.8) is 0 Å². The van der Waals surface area contributed by atoms with E-state index in [9.17, 15) is 13.2 Å². The van der Waals surface area contributed by atoms with Gasteiger partial charge in [0.1, 0.15) is 10.5 Å². The van der Waals surface area contributed by atoms with Crippen molar-refractivity contribution in [1.29, 1.82) is 0 Å². The highest BCUT2D eigenvalue weighted by Crippen LogP contribution is 2.41. The van der Waals surface area contributed by atoms with Gasteiger partial charge in [0.25, 0.3) is 0 Å². The number of nitrogens with zero attached hydrogens (tertiary/aromatic N) is 2. The van der Waals surface area contributed by atoms with E-state index < -0.39 is 15.6 Å². The molecule has 2 fully saturated rings. The van der Waals surface area contributed by atoms with Crippen LogP contribution in [0.1, 0.15) is 77.2 Å². The van der Waals surface area contributed by atoms with Crippen LogP contribution in [0.5, 0.6) is 0 Å². The third-order valence-corrected chi connectivity index (χ3v) is 9.76. The largest absolute Gasteiger partial charge is 0.444 e. The van der Waals surface area contributed by atoms with E-state index in [2.05, 4.69) is 5.32 Å². The molecule has 1 aromatic carbocycles. The minimum absolute atomic E-state index is 0.0583. The molecule has 0 unspecified atom stereocenters. The maximum Gasteiger partial charge on any atom is 0.410 e. The number of benzene rings is 1. The van der Waals surface area contributed by atoms with Crippen molar-refractivity contribution >= 4 is 33.4 Å². The lowest BCUT2D eigenvalue weighted by Gasteiger charge is -2.34. The van der Waals surface area contributed by atoms with E-state index >= 15 is 0 Å². The number of piperidine rings is 1. The number of ether oxygens (including phenoxy) is 1. The van der Waals surface area contributed by atoms with E-state index in [1.165, 1.54) is 19.3 Å². The third kappa shape index (κ3) is 5.34. The number of likely N-dealkylation sites (N-methyl/N-ethyl adjacent to an activating group) is 1. The van der Waals surface area contributed by atoms with Gasteiger partial charge in [-0.05, 0) is 76.0 Å². The number of likely N-dealkylation sites (tertiary alicyclic amines) is 1. The Bertz CT molecular complexity index is 1010. The predicted molar refractivity (Wildman–Crippen MR) is 135 cm³/mol. The molecule has 2 aliphatic heterocycles. The van der Waals surface area contributed by atoms with Crippen molar-refractivity contribution in [1.82, 2.24) is 9.21 Å². The van der Waals surface area contributed by atoms with Crippen molar-refractivity contribution in [2.45, 2.75) is 88.2 Å². The van der Waals surface area contributed by atoms with E-state index in [0.29, 0.717) is 36.3 Å². The molecular weight excluding hydrogens is 474 g/mol. The van der Waals surface area contributed by atoms with Gasteiger partial charge in [0.2, 0.25) is 10.0 Å². The van der Waals surface area contributed by atoms with Gasteiger partial charge in [-0.3, -0.25) is 0 Å². The zero-order chi connectivity index (χ0) is 24.7. The summed E-state index contributed by atoms with van der Waals surface area (Å²) in [4.78, 5) is 14.4. The number of hydrogen-bond donors (Lipinski definition) is 1. The van der Waals surface area contributed by atoms with Crippen LogP contribution in [0.4, 0.5) is 10.5 Å². The Morgan fingerprint density at radius 1 is 1.09 bits per heavy atom. The van der Waals surface area contributed by atoms with Gasteiger partial charge in [0.05, 0.1) is 5.69 Å². The third-order valence-electron chi connectivity index (χ3n) is 7.51. The summed E-state index contributed by atoms with van der Waals surface area (Å²) in [6.45, 7) is 7.38. The number of rotatable bonds is 2. The van der Waals surface area contributed by atoms with Gasteiger partial charge < -0.3 is 15.0 Å². The molecule has 1 saturated heterocycles. The number of carbonyl (C=O) groups excluding carboxylic acids is 1. The number of nitrogens with one attached hydrogen (secondary N) is 1. The highest BCUT2D eigenvalue weighted by atomic mass is 35.5. The Labute approximate surface area is 209 Å². The van der Waals surface area contributed by atoms with Crippen molar-refractivity contribution < 1.29 is 17.9 Å². The SMILES string of the molecule is CN1[C@H](C2CCCCC2)CNc2cc(C3CCN(C(=O)OC(C)(C)C)CC3)c(Cl)cc2S1(=O)=O. The predicted octanol–water partition coefficient (Wildman–Crippen LogP) is 5.45. The number of hydrogen-bond acceptors (Lipinski definition) is 5. The minimum Gasteiger partial charge on any atom is -0.444 e. The lowest BCUT2D eigenvalue weighted by molar-refractivity contribution is 0.0205. The molecule has 1 amide bonds. The van der Waals surface area contributed by atoms with Crippen LogP contribution in [-0.2, 0) is 14.8 Å². The first-order valence-electron chi connectivity index (χ1n) is 12.5. The second kappa shape index (κ2) is 9.86. The van der Waals surface area contributed by atoms with Gasteiger partial charge in [-0.1, -0.05) is 30.9 Å². The first-order valence-corrected chi connectivity index (χ1v) is 14.3. The Balaban J connectivity index is 1.52. The molecule has 0 bridgehead atoms. The maximum atomic E-state index is 13.5. The lowest BCUT2D eigenvalue weighted by atomic mass is 9.84. The van der Waals surface area contributed by atoms with Crippen LogP contribution >= 0.6 is 11.6 Å². The van der Waals surface area contributed by atoms with Crippen molar-refractivity contribution in [2.24, 2.45) is 5.92 Å². The number of carbonyl (C=O) groups is 1. The Morgan fingerprint density at radius 3 is 2.35 bits per heavy atom. The summed E-state index contributed by atoms with van der Waals surface area (Å²) in [5.74, 6) is 0.540. The van der Waals surface area contributed by atoms with E-state index in [0.717, 1.165) is 31.2 Å². The molecule has 1 N–H and O–H groups in total. The molecule has 1 saturated carbocycles. The maximum absolute atomic E-state index is 13.5. The molecule has 190 valence electrons. The van der Waals surface area contributed by atoms with Crippen LogP contribution in [0.3, 0.4) is 0 Å². The monoisotopic (exact) mass is 511 g/mol. The molecule has 7 nitrogen and oxygen atoms in total. The van der Waals surface area contributed by atoms with Gasteiger partial charge in [0.15, 0.2) is 0 Å². The molecule has 0 aromatic heterocycles. The van der Waals surface area contributed by atoms with Crippen LogP contribution in [0.2, 0.25) is 5.02 Å². The smallest absolute Gasteiger partial charge is 0.410 e. The Hall–Kier alpha value is -1.51. The number of amides is 1. The molecular formula is C25H38ClN3O4S. The standard InChI is InChI=1S/C25H38ClN3O4S/c1-25(2,3)33-24(30)29-12-10-17(11-13-29)19-14-21-23(15-20(19)26)34(31,32)28(4)22(16-27-21)18-8-6-5-7-9-18/h14-15,17-18,22,27H,5-13,16H2,1-4H3/t22-/m0/s1. The highest BCUT2D eigenvalue weighted by Gasteiger charge is 2.38. The molecule has 34 heavy (non-hydrogen) atoms. The van der Waals surface area contributed by atoms with Gasteiger partial charge in [-0.2, -0.15) is 4.31 Å². The molecule has 3 aliphatic rings. The second-order valence-corrected chi connectivity index (χ2v) is 13.4. The van der Waals surface area contributed by atoms with Gasteiger partial charge in [-0.25, -0.2) is 13.2 Å². The van der Waals surface area contributed by atoms with E-state index in [-0.39, 0.29) is 22.9 Å². The molecule has 0 radical (unpaired) electrons. The summed E-state index contributed by atoms with van der Waals surface area (Å²) >= 11 is 6.68. The molecule has 0 spiro atoms. The van der Waals surface area contributed by atoms with Crippen LogP contribution in [0.25, 0.3) is 0 Å². The summed E-state index contributed by atoms with van der Waals surface area (Å²) in [5.41, 5.74) is 1.07. The van der Waals surface area contributed by atoms with Gasteiger partial charge in [-0.15, -0.1) is 0 Å². The van der Waals surface area contributed by atoms with Crippen molar-refractivity contribution in [3.05, 3.63) is 22.7 Å². The minimum atomic E-state index is -3.65. The number of anilines is 1. The van der Waals surface area contributed by atoms with Crippen LogP contribution in [0.15, 0.2) is 17.0 Å². The average molecular weight is 512 g/mol. The fourth-order valence-corrected chi connectivity index (χ4v) is 7.57. The first kappa shape index (κ1) is 25.6. The Morgan fingerprint density at radius 2 is 1.74 bits per heavy atom. The number of fused-ring (bicyclic) bond motifs is 1. The molecule has 1 aromatic rings. The average Bonchev–Trinajstić information content (AvgIpc) is 2.87. The molecule has 1 atom stereocenters. The summed E-state index contributed by atoms with van der Waals surface area (Å²) in [5, 5.41) is 3.93. The topological polar surface area (TPSA) is 79.0 Å². The second-order valence-electron chi connectivity index (χ2n) is 11.0. The normalized spacial score (nSPS) is 24.7. The summed E-state index contributed by atoms with van der Waals surface area (Å²) in [6.07, 6.45) is 6.95. The molecule has 1 aliphatic carbocycles. The summed E-state index contributed by atoms with van der Waals surface area (Å²) in [7, 11) is -1.94. The fourth-order valence-electron chi connectivity index (χ4n) is 5.59. The van der Waals surface area contributed by atoms with Crippen LogP contribution in [0, 0.1) is 5.92 Å². The summed E-state index contributed by atoms with van der Waals surface area (Å²) in [6, 6.07) is 3.49.